The molecule has 0 aliphatic carbocycles. The summed E-state index contributed by atoms with van der Waals surface area (Å²) in [4.78, 5) is 0. The molecule has 0 saturated heterocycles. The van der Waals surface area contributed by atoms with Crippen molar-refractivity contribution in [2.24, 2.45) is 12.8 Å². The summed E-state index contributed by atoms with van der Waals surface area (Å²) in [5.74, 6) is 1.74. The maximum atomic E-state index is 5.97. The van der Waals surface area contributed by atoms with Crippen LogP contribution >= 0.6 is 0 Å². The van der Waals surface area contributed by atoms with Gasteiger partial charge in [0.05, 0.1) is 6.04 Å². The van der Waals surface area contributed by atoms with Gasteiger partial charge in [0, 0.05) is 20.8 Å². The van der Waals surface area contributed by atoms with Crippen molar-refractivity contribution in [1.82, 2.24) is 14.8 Å². The third-order valence-corrected chi connectivity index (χ3v) is 2.32. The number of hydrogen-bond donors (Lipinski definition) is 1. The predicted molar refractivity (Wildman–Crippen MR) is 53.8 cm³/mol. The molecule has 0 radical (unpaired) electrons. The molecule has 0 amide bonds. The van der Waals surface area contributed by atoms with Crippen molar-refractivity contribution in [2.75, 3.05) is 13.7 Å². The van der Waals surface area contributed by atoms with Crippen molar-refractivity contribution in [1.29, 1.82) is 0 Å². The molecule has 5 heteroatoms. The second-order valence-corrected chi connectivity index (χ2v) is 3.41. The quantitative estimate of drug-likeness (QED) is 0.702. The highest BCUT2D eigenvalue weighted by molar-refractivity contribution is 4.97. The Morgan fingerprint density at radius 2 is 2.21 bits per heavy atom. The number of hydrogen-bond acceptors (Lipinski definition) is 4. The molecule has 14 heavy (non-hydrogen) atoms. The van der Waals surface area contributed by atoms with Crippen molar-refractivity contribution >= 4 is 0 Å². The summed E-state index contributed by atoms with van der Waals surface area (Å²) in [6.07, 6.45) is 1.82. The van der Waals surface area contributed by atoms with Gasteiger partial charge in [-0.25, -0.2) is 0 Å². The number of nitrogens with two attached hydrogens (primary N) is 1. The number of aryl methyl sites for hydroxylation is 1. The third kappa shape index (κ3) is 2.52. The fourth-order valence-electron chi connectivity index (χ4n) is 1.32. The molecular weight excluding hydrogens is 180 g/mol. The van der Waals surface area contributed by atoms with Crippen LogP contribution < -0.4 is 5.73 Å². The molecule has 0 aromatic carbocycles. The van der Waals surface area contributed by atoms with Crippen molar-refractivity contribution in [3.05, 3.63) is 11.6 Å². The summed E-state index contributed by atoms with van der Waals surface area (Å²) < 4.78 is 6.89. The minimum absolute atomic E-state index is 0.0450. The fraction of sp³-hybridized carbons (Fsp3) is 0.778. The number of ether oxygens (including phenoxy) is 1. The first-order valence-electron chi connectivity index (χ1n) is 4.77. The molecule has 0 aliphatic rings. The molecule has 1 heterocycles. The standard InChI is InChI=1S/C9H18N4O/c1-7-11-12-9(13(7)2)8(10)5-4-6-14-3/h8H,4-6,10H2,1-3H3. The van der Waals surface area contributed by atoms with Gasteiger partial charge in [-0.15, -0.1) is 10.2 Å². The summed E-state index contributed by atoms with van der Waals surface area (Å²) in [7, 11) is 3.62. The van der Waals surface area contributed by atoms with E-state index in [4.69, 9.17) is 10.5 Å². The minimum Gasteiger partial charge on any atom is -0.385 e. The van der Waals surface area contributed by atoms with E-state index in [1.165, 1.54) is 0 Å². The van der Waals surface area contributed by atoms with Gasteiger partial charge in [-0.2, -0.15) is 0 Å². The van der Waals surface area contributed by atoms with Crippen LogP contribution in [0.4, 0.5) is 0 Å². The van der Waals surface area contributed by atoms with Crippen LogP contribution in [0.1, 0.15) is 30.5 Å². The van der Waals surface area contributed by atoms with Gasteiger partial charge in [-0.05, 0) is 19.8 Å². The van der Waals surface area contributed by atoms with Gasteiger partial charge in [0.25, 0.3) is 0 Å². The van der Waals surface area contributed by atoms with Crippen LogP contribution in [0.25, 0.3) is 0 Å². The van der Waals surface area contributed by atoms with Crippen LogP contribution in [0.5, 0.6) is 0 Å². The van der Waals surface area contributed by atoms with E-state index in [0.29, 0.717) is 0 Å². The van der Waals surface area contributed by atoms with Gasteiger partial charge in [0.1, 0.15) is 11.6 Å². The first-order valence-corrected chi connectivity index (χ1v) is 4.77. The lowest BCUT2D eigenvalue weighted by Crippen LogP contribution is -2.16. The smallest absolute Gasteiger partial charge is 0.149 e. The highest BCUT2D eigenvalue weighted by atomic mass is 16.5. The van der Waals surface area contributed by atoms with Gasteiger partial charge in [-0.1, -0.05) is 0 Å². The number of rotatable bonds is 5. The number of nitrogens with zero attached hydrogens (tertiary/aromatic N) is 3. The molecule has 80 valence electrons. The van der Waals surface area contributed by atoms with Gasteiger partial charge >= 0.3 is 0 Å². The van der Waals surface area contributed by atoms with E-state index >= 15 is 0 Å². The lowest BCUT2D eigenvalue weighted by atomic mass is 10.1. The summed E-state index contributed by atoms with van der Waals surface area (Å²) in [6.45, 7) is 2.66. The monoisotopic (exact) mass is 198 g/mol. The van der Waals surface area contributed by atoms with E-state index < -0.39 is 0 Å². The third-order valence-electron chi connectivity index (χ3n) is 2.32. The Morgan fingerprint density at radius 1 is 1.50 bits per heavy atom. The van der Waals surface area contributed by atoms with E-state index in [1.54, 1.807) is 7.11 Å². The zero-order valence-electron chi connectivity index (χ0n) is 9.03. The minimum atomic E-state index is -0.0450. The van der Waals surface area contributed by atoms with Crippen molar-refractivity contribution < 1.29 is 4.74 Å². The maximum Gasteiger partial charge on any atom is 0.149 e. The Balaban J connectivity index is 2.52. The van der Waals surface area contributed by atoms with Crippen LogP contribution in [0.2, 0.25) is 0 Å². The number of methoxy groups -OCH3 is 1. The first-order chi connectivity index (χ1) is 6.66. The summed E-state index contributed by atoms with van der Waals surface area (Å²) in [6, 6.07) is -0.0450. The molecule has 1 aromatic heterocycles. The molecule has 1 aromatic rings. The lowest BCUT2D eigenvalue weighted by molar-refractivity contribution is 0.190. The largest absolute Gasteiger partial charge is 0.385 e. The molecule has 5 nitrogen and oxygen atoms in total. The SMILES string of the molecule is COCCCC(N)c1nnc(C)n1C. The average Bonchev–Trinajstić information content (AvgIpc) is 2.48. The molecule has 1 atom stereocenters. The van der Waals surface area contributed by atoms with E-state index in [0.717, 1.165) is 31.1 Å². The Morgan fingerprint density at radius 3 is 2.71 bits per heavy atom. The molecule has 0 spiro atoms. The topological polar surface area (TPSA) is 66.0 Å². The van der Waals surface area contributed by atoms with Crippen molar-refractivity contribution in [3.8, 4) is 0 Å². The highest BCUT2D eigenvalue weighted by Crippen LogP contribution is 2.13. The maximum absolute atomic E-state index is 5.97. The van der Waals surface area contributed by atoms with Gasteiger partial charge in [0.15, 0.2) is 0 Å². The van der Waals surface area contributed by atoms with Crippen LogP contribution in [0.3, 0.4) is 0 Å². The van der Waals surface area contributed by atoms with Crippen LogP contribution in [-0.2, 0) is 11.8 Å². The van der Waals surface area contributed by atoms with Gasteiger partial charge < -0.3 is 15.0 Å². The van der Waals surface area contributed by atoms with Crippen LogP contribution in [-0.4, -0.2) is 28.5 Å². The molecule has 1 rings (SSSR count). The first kappa shape index (κ1) is 11.1. The Bertz CT molecular complexity index is 284. The molecule has 0 bridgehead atoms. The summed E-state index contributed by atoms with van der Waals surface area (Å²) in [5.41, 5.74) is 5.97. The van der Waals surface area contributed by atoms with E-state index in [1.807, 2.05) is 18.5 Å². The lowest BCUT2D eigenvalue weighted by Gasteiger charge is -2.10. The van der Waals surface area contributed by atoms with E-state index in [9.17, 15) is 0 Å². The van der Waals surface area contributed by atoms with Gasteiger partial charge in [-0.3, -0.25) is 0 Å². The predicted octanol–water partition coefficient (Wildman–Crippen LogP) is 0.550. The fourth-order valence-corrected chi connectivity index (χ4v) is 1.32. The molecule has 2 N–H and O–H groups in total. The molecule has 0 fully saturated rings. The average molecular weight is 198 g/mol. The normalized spacial score (nSPS) is 13.1. The Kier molecular flexibility index (Phi) is 4.03. The molecule has 0 saturated carbocycles. The van der Waals surface area contributed by atoms with E-state index in [2.05, 4.69) is 10.2 Å². The van der Waals surface area contributed by atoms with Crippen molar-refractivity contribution in [2.45, 2.75) is 25.8 Å². The van der Waals surface area contributed by atoms with Gasteiger partial charge in [0.2, 0.25) is 0 Å². The second kappa shape index (κ2) is 5.07. The zero-order chi connectivity index (χ0) is 10.6. The highest BCUT2D eigenvalue weighted by Gasteiger charge is 2.13. The molecule has 0 aliphatic heterocycles. The molecular formula is C9H18N4O. The van der Waals surface area contributed by atoms with Crippen molar-refractivity contribution in [3.63, 3.8) is 0 Å². The summed E-state index contributed by atoms with van der Waals surface area (Å²) >= 11 is 0. The molecule has 1 unspecified atom stereocenters. The van der Waals surface area contributed by atoms with Crippen LogP contribution in [0, 0.1) is 6.92 Å². The number of aromatic nitrogens is 3. The Hall–Kier alpha value is -0.940. The van der Waals surface area contributed by atoms with E-state index in [-0.39, 0.29) is 6.04 Å². The van der Waals surface area contributed by atoms with Crippen LogP contribution in [0.15, 0.2) is 0 Å². The Labute approximate surface area is 84.3 Å². The summed E-state index contributed by atoms with van der Waals surface area (Å²) in [5, 5.41) is 8.01. The zero-order valence-corrected chi connectivity index (χ0v) is 9.03. The second-order valence-electron chi connectivity index (χ2n) is 3.41.